The smallest absolute Gasteiger partial charge is 0.225 e. The number of phenols is 1. The Balaban J connectivity index is 1.58. The molecular weight excluding hydrogens is 266 g/mol. The molecule has 1 aromatic carbocycles. The van der Waals surface area contributed by atoms with Crippen LogP contribution in [0.5, 0.6) is 5.75 Å². The van der Waals surface area contributed by atoms with Gasteiger partial charge in [0, 0.05) is 38.1 Å². The number of anilines is 1. The quantitative estimate of drug-likeness (QED) is 0.857. The molecule has 114 valence electrons. The first-order valence-electron chi connectivity index (χ1n) is 7.72. The molecular formula is C16H23N3O2. The molecule has 3 rings (SSSR count). The van der Waals surface area contributed by atoms with Crippen molar-refractivity contribution in [1.82, 2.24) is 4.90 Å². The third-order valence-corrected chi connectivity index (χ3v) is 4.64. The zero-order chi connectivity index (χ0) is 14.8. The zero-order valence-electron chi connectivity index (χ0n) is 12.2. The summed E-state index contributed by atoms with van der Waals surface area (Å²) in [6.45, 7) is 2.97. The lowest BCUT2D eigenvalue weighted by atomic mass is 10.1. The minimum absolute atomic E-state index is 0.122. The number of hydrogen-bond acceptors (Lipinski definition) is 4. The van der Waals surface area contributed by atoms with Crippen LogP contribution in [-0.4, -0.2) is 48.1 Å². The number of carbonyl (C=O) groups excluding carboxylic acids is 1. The van der Waals surface area contributed by atoms with Gasteiger partial charge in [-0.05, 0) is 31.4 Å². The molecule has 2 unspecified atom stereocenters. The van der Waals surface area contributed by atoms with Crippen molar-refractivity contribution in [2.45, 2.75) is 25.3 Å². The predicted octanol–water partition coefficient (Wildman–Crippen LogP) is 1.17. The van der Waals surface area contributed by atoms with Gasteiger partial charge in [-0.3, -0.25) is 4.79 Å². The Morgan fingerprint density at radius 2 is 1.86 bits per heavy atom. The van der Waals surface area contributed by atoms with Crippen molar-refractivity contribution in [3.8, 4) is 5.75 Å². The Morgan fingerprint density at radius 3 is 2.48 bits per heavy atom. The summed E-state index contributed by atoms with van der Waals surface area (Å²) in [5.41, 5.74) is 6.75. The van der Waals surface area contributed by atoms with Crippen molar-refractivity contribution in [3.05, 3.63) is 24.3 Å². The largest absolute Gasteiger partial charge is 0.506 e. The van der Waals surface area contributed by atoms with Crippen LogP contribution in [0, 0.1) is 5.92 Å². The molecule has 0 radical (unpaired) electrons. The maximum Gasteiger partial charge on any atom is 0.225 e. The van der Waals surface area contributed by atoms with Crippen LogP contribution in [0.4, 0.5) is 5.69 Å². The summed E-state index contributed by atoms with van der Waals surface area (Å²) in [4.78, 5) is 16.6. The first-order chi connectivity index (χ1) is 10.1. The predicted molar refractivity (Wildman–Crippen MR) is 82.2 cm³/mol. The topological polar surface area (TPSA) is 69.8 Å². The van der Waals surface area contributed by atoms with Crippen molar-refractivity contribution >= 4 is 11.6 Å². The summed E-state index contributed by atoms with van der Waals surface area (Å²) < 4.78 is 0. The number of aromatic hydroxyl groups is 1. The fraction of sp³-hybridized carbons (Fsp3) is 0.562. The van der Waals surface area contributed by atoms with Gasteiger partial charge in [-0.1, -0.05) is 12.1 Å². The fourth-order valence-electron chi connectivity index (χ4n) is 3.40. The number of carbonyl (C=O) groups is 1. The Hall–Kier alpha value is -1.75. The molecule has 21 heavy (non-hydrogen) atoms. The molecule has 0 bridgehead atoms. The highest BCUT2D eigenvalue weighted by Gasteiger charge is 2.32. The van der Waals surface area contributed by atoms with E-state index in [2.05, 4.69) is 4.90 Å². The van der Waals surface area contributed by atoms with E-state index in [1.807, 2.05) is 23.1 Å². The molecule has 1 saturated heterocycles. The Kier molecular flexibility index (Phi) is 4.01. The molecule has 1 aromatic rings. The minimum atomic E-state index is 0.122. The highest BCUT2D eigenvalue weighted by atomic mass is 16.3. The molecule has 2 aliphatic rings. The monoisotopic (exact) mass is 289 g/mol. The lowest BCUT2D eigenvalue weighted by Gasteiger charge is -2.37. The summed E-state index contributed by atoms with van der Waals surface area (Å²) in [6, 6.07) is 7.56. The molecule has 0 aromatic heterocycles. The fourth-order valence-corrected chi connectivity index (χ4v) is 3.40. The molecule has 1 heterocycles. The van der Waals surface area contributed by atoms with Gasteiger partial charge in [0.05, 0.1) is 5.69 Å². The molecule has 5 nitrogen and oxygen atoms in total. The maximum atomic E-state index is 12.5. The van der Waals surface area contributed by atoms with E-state index in [-0.39, 0.29) is 17.9 Å². The van der Waals surface area contributed by atoms with Gasteiger partial charge in [-0.15, -0.1) is 0 Å². The van der Waals surface area contributed by atoms with Gasteiger partial charge in [0.15, 0.2) is 0 Å². The van der Waals surface area contributed by atoms with Gasteiger partial charge < -0.3 is 20.6 Å². The van der Waals surface area contributed by atoms with E-state index >= 15 is 0 Å². The molecule has 5 heteroatoms. The van der Waals surface area contributed by atoms with E-state index in [1.54, 1.807) is 6.07 Å². The normalized spacial score (nSPS) is 26.1. The second-order valence-corrected chi connectivity index (χ2v) is 6.07. The van der Waals surface area contributed by atoms with Gasteiger partial charge in [0.2, 0.25) is 5.91 Å². The second kappa shape index (κ2) is 5.93. The number of amides is 1. The zero-order valence-corrected chi connectivity index (χ0v) is 12.2. The number of para-hydroxylation sites is 2. The Morgan fingerprint density at radius 1 is 1.14 bits per heavy atom. The minimum Gasteiger partial charge on any atom is -0.506 e. The number of phenolic OH excluding ortho intramolecular Hbond substituents is 1. The Bertz CT molecular complexity index is 512. The van der Waals surface area contributed by atoms with Crippen molar-refractivity contribution in [1.29, 1.82) is 0 Å². The van der Waals surface area contributed by atoms with Gasteiger partial charge in [0.1, 0.15) is 5.75 Å². The number of hydrogen-bond donors (Lipinski definition) is 2. The molecule has 1 aliphatic heterocycles. The summed E-state index contributed by atoms with van der Waals surface area (Å²) >= 11 is 0. The average molecular weight is 289 g/mol. The molecule has 1 saturated carbocycles. The van der Waals surface area contributed by atoms with Gasteiger partial charge in [-0.25, -0.2) is 0 Å². The second-order valence-electron chi connectivity index (χ2n) is 6.07. The van der Waals surface area contributed by atoms with Crippen LogP contribution >= 0.6 is 0 Å². The average Bonchev–Trinajstić information content (AvgIpc) is 2.94. The van der Waals surface area contributed by atoms with Crippen LogP contribution in [0.15, 0.2) is 24.3 Å². The molecule has 2 atom stereocenters. The van der Waals surface area contributed by atoms with Gasteiger partial charge in [-0.2, -0.15) is 0 Å². The Labute approximate surface area is 125 Å². The first-order valence-corrected chi connectivity index (χ1v) is 7.72. The number of rotatable bonds is 2. The van der Waals surface area contributed by atoms with Crippen LogP contribution in [0.2, 0.25) is 0 Å². The number of nitrogens with two attached hydrogens (primary N) is 1. The maximum absolute atomic E-state index is 12.5. The molecule has 1 amide bonds. The highest BCUT2D eigenvalue weighted by molar-refractivity contribution is 5.79. The van der Waals surface area contributed by atoms with E-state index in [4.69, 9.17) is 5.73 Å². The molecule has 2 fully saturated rings. The van der Waals surface area contributed by atoms with Crippen LogP contribution in [0.1, 0.15) is 19.3 Å². The van der Waals surface area contributed by atoms with E-state index in [9.17, 15) is 9.90 Å². The standard InChI is InChI=1S/C16H23N3O2/c17-13-6-5-12(11-13)16(21)19-9-7-18(8-10-19)14-3-1-2-4-15(14)20/h1-4,12-13,20H,5-11,17H2. The van der Waals surface area contributed by atoms with Gasteiger partial charge >= 0.3 is 0 Å². The van der Waals surface area contributed by atoms with E-state index in [0.717, 1.165) is 51.1 Å². The number of piperazine rings is 1. The lowest BCUT2D eigenvalue weighted by molar-refractivity contribution is -0.135. The number of benzene rings is 1. The van der Waals surface area contributed by atoms with Crippen molar-refractivity contribution < 1.29 is 9.90 Å². The SMILES string of the molecule is NC1CCC(C(=O)N2CCN(c3ccccc3O)CC2)C1. The summed E-state index contributed by atoms with van der Waals surface area (Å²) in [7, 11) is 0. The van der Waals surface area contributed by atoms with Crippen molar-refractivity contribution in [2.75, 3.05) is 31.1 Å². The number of nitrogens with zero attached hydrogens (tertiary/aromatic N) is 2. The van der Waals surface area contributed by atoms with Crippen molar-refractivity contribution in [2.24, 2.45) is 11.7 Å². The van der Waals surface area contributed by atoms with E-state index < -0.39 is 0 Å². The lowest BCUT2D eigenvalue weighted by Crippen LogP contribution is -2.50. The molecule has 3 N–H and O–H groups in total. The van der Waals surface area contributed by atoms with Crippen LogP contribution in [0.3, 0.4) is 0 Å². The third-order valence-electron chi connectivity index (χ3n) is 4.64. The van der Waals surface area contributed by atoms with E-state index in [1.165, 1.54) is 0 Å². The van der Waals surface area contributed by atoms with Crippen LogP contribution in [-0.2, 0) is 4.79 Å². The van der Waals surface area contributed by atoms with Crippen LogP contribution in [0.25, 0.3) is 0 Å². The highest BCUT2D eigenvalue weighted by Crippen LogP contribution is 2.29. The summed E-state index contributed by atoms with van der Waals surface area (Å²) in [6.07, 6.45) is 2.73. The summed E-state index contributed by atoms with van der Waals surface area (Å²) in [5, 5.41) is 9.90. The van der Waals surface area contributed by atoms with Crippen molar-refractivity contribution in [3.63, 3.8) is 0 Å². The molecule has 1 aliphatic carbocycles. The van der Waals surface area contributed by atoms with E-state index in [0.29, 0.717) is 5.75 Å². The molecule has 0 spiro atoms. The summed E-state index contributed by atoms with van der Waals surface area (Å²) in [5.74, 6) is 0.690. The van der Waals surface area contributed by atoms with Crippen LogP contribution < -0.4 is 10.6 Å². The van der Waals surface area contributed by atoms with Gasteiger partial charge in [0.25, 0.3) is 0 Å². The first kappa shape index (κ1) is 14.2. The third kappa shape index (κ3) is 2.97.